The Bertz CT molecular complexity index is 654. The van der Waals surface area contributed by atoms with Gasteiger partial charge in [-0.05, 0) is 25.0 Å². The second-order valence-electron chi connectivity index (χ2n) is 5.85. The Morgan fingerprint density at radius 3 is 2.70 bits per heavy atom. The fourth-order valence-electron chi connectivity index (χ4n) is 2.94. The molecule has 0 bridgehead atoms. The minimum Gasteiger partial charge on any atom is -0.382 e. The van der Waals surface area contributed by atoms with Gasteiger partial charge in [0.25, 0.3) is 5.91 Å². The SMILES string of the molecule is NC(=O)C1CCN(C(=O)C2CC(c3cccc(F)c3)=NO2)CC1. The van der Waals surface area contributed by atoms with Gasteiger partial charge < -0.3 is 15.5 Å². The molecule has 0 aromatic heterocycles. The largest absolute Gasteiger partial charge is 0.382 e. The predicted octanol–water partition coefficient (Wildman–Crippen LogP) is 1.04. The maximum absolute atomic E-state index is 13.3. The van der Waals surface area contributed by atoms with Gasteiger partial charge in [-0.25, -0.2) is 4.39 Å². The summed E-state index contributed by atoms with van der Waals surface area (Å²) in [4.78, 5) is 30.5. The summed E-state index contributed by atoms with van der Waals surface area (Å²) in [5, 5.41) is 3.92. The molecule has 2 aliphatic rings. The zero-order valence-corrected chi connectivity index (χ0v) is 12.6. The number of oxime groups is 1. The van der Waals surface area contributed by atoms with Crippen molar-refractivity contribution in [1.29, 1.82) is 0 Å². The number of piperidine rings is 1. The summed E-state index contributed by atoms with van der Waals surface area (Å²) in [6.07, 6.45) is 0.785. The topological polar surface area (TPSA) is 85.0 Å². The van der Waals surface area contributed by atoms with Crippen molar-refractivity contribution in [3.8, 4) is 0 Å². The van der Waals surface area contributed by atoms with Gasteiger partial charge in [-0.3, -0.25) is 9.59 Å². The van der Waals surface area contributed by atoms with E-state index in [0.717, 1.165) is 0 Å². The van der Waals surface area contributed by atoms with Gasteiger partial charge in [0.15, 0.2) is 0 Å². The van der Waals surface area contributed by atoms with Gasteiger partial charge in [0.2, 0.25) is 12.0 Å². The van der Waals surface area contributed by atoms with Crippen LogP contribution >= 0.6 is 0 Å². The van der Waals surface area contributed by atoms with Crippen LogP contribution in [0.5, 0.6) is 0 Å². The summed E-state index contributed by atoms with van der Waals surface area (Å²) < 4.78 is 13.3. The molecule has 23 heavy (non-hydrogen) atoms. The van der Waals surface area contributed by atoms with Crippen LogP contribution in [0.2, 0.25) is 0 Å². The van der Waals surface area contributed by atoms with Crippen LogP contribution in [0.4, 0.5) is 4.39 Å². The van der Waals surface area contributed by atoms with Gasteiger partial charge in [-0.15, -0.1) is 0 Å². The number of amides is 2. The average molecular weight is 319 g/mol. The summed E-state index contributed by atoms with van der Waals surface area (Å²) in [6.45, 7) is 0.975. The number of carbonyl (C=O) groups is 2. The number of likely N-dealkylation sites (tertiary alicyclic amines) is 1. The van der Waals surface area contributed by atoms with Crippen LogP contribution in [0.25, 0.3) is 0 Å². The van der Waals surface area contributed by atoms with Crippen LogP contribution in [-0.2, 0) is 14.4 Å². The number of rotatable bonds is 3. The molecule has 1 aromatic carbocycles. The molecule has 2 amide bonds. The van der Waals surface area contributed by atoms with Crippen LogP contribution < -0.4 is 5.73 Å². The number of nitrogens with two attached hydrogens (primary N) is 1. The lowest BCUT2D eigenvalue weighted by atomic mass is 9.95. The molecule has 2 heterocycles. The normalized spacial score (nSPS) is 21.7. The quantitative estimate of drug-likeness (QED) is 0.903. The molecule has 0 radical (unpaired) electrons. The Hall–Kier alpha value is -2.44. The second-order valence-corrected chi connectivity index (χ2v) is 5.85. The molecule has 2 aliphatic heterocycles. The highest BCUT2D eigenvalue weighted by molar-refractivity contribution is 6.04. The zero-order chi connectivity index (χ0) is 16.4. The minimum atomic E-state index is -0.682. The van der Waals surface area contributed by atoms with Gasteiger partial charge in [-0.1, -0.05) is 17.3 Å². The van der Waals surface area contributed by atoms with Gasteiger partial charge in [0, 0.05) is 31.0 Å². The molecule has 1 atom stereocenters. The predicted molar refractivity (Wildman–Crippen MR) is 80.9 cm³/mol. The Morgan fingerprint density at radius 2 is 2.04 bits per heavy atom. The third kappa shape index (κ3) is 3.33. The second kappa shape index (κ2) is 6.36. The van der Waals surface area contributed by atoms with Crippen LogP contribution in [0.1, 0.15) is 24.8 Å². The van der Waals surface area contributed by atoms with E-state index in [0.29, 0.717) is 43.6 Å². The summed E-state index contributed by atoms with van der Waals surface area (Å²) in [7, 11) is 0. The monoisotopic (exact) mass is 319 g/mol. The molecule has 0 spiro atoms. The number of nitrogens with zero attached hydrogens (tertiary/aromatic N) is 2. The van der Waals surface area contributed by atoms with E-state index in [1.807, 2.05) is 0 Å². The van der Waals surface area contributed by atoms with E-state index in [2.05, 4.69) is 5.16 Å². The molecule has 1 fully saturated rings. The summed E-state index contributed by atoms with van der Waals surface area (Å²) >= 11 is 0. The van der Waals surface area contributed by atoms with Crippen LogP contribution in [0, 0.1) is 11.7 Å². The van der Waals surface area contributed by atoms with Crippen molar-refractivity contribution < 1.29 is 18.8 Å². The Kier molecular flexibility index (Phi) is 4.27. The lowest BCUT2D eigenvalue weighted by Gasteiger charge is -2.31. The molecular weight excluding hydrogens is 301 g/mol. The standard InChI is InChI=1S/C16H18FN3O3/c17-12-3-1-2-11(8-12)13-9-14(23-19-13)16(22)20-6-4-10(5-7-20)15(18)21/h1-3,8,10,14H,4-7,9H2,(H2,18,21). The number of primary amides is 1. The van der Waals surface area contributed by atoms with E-state index in [1.54, 1.807) is 17.0 Å². The fourth-order valence-corrected chi connectivity index (χ4v) is 2.94. The first-order valence-electron chi connectivity index (χ1n) is 7.61. The smallest absolute Gasteiger partial charge is 0.266 e. The number of hydrogen-bond acceptors (Lipinski definition) is 4. The van der Waals surface area contributed by atoms with Gasteiger partial charge in [0.05, 0.1) is 5.71 Å². The molecule has 1 unspecified atom stereocenters. The average Bonchev–Trinajstić information content (AvgIpc) is 3.04. The van der Waals surface area contributed by atoms with Crippen LogP contribution in [0.15, 0.2) is 29.4 Å². The summed E-state index contributed by atoms with van der Waals surface area (Å²) in [5.74, 6) is -0.981. The molecule has 1 aromatic rings. The van der Waals surface area contributed by atoms with Gasteiger partial charge in [-0.2, -0.15) is 0 Å². The molecule has 0 saturated carbocycles. The fraction of sp³-hybridized carbons (Fsp3) is 0.438. The third-order valence-corrected chi connectivity index (χ3v) is 4.31. The summed E-state index contributed by atoms with van der Waals surface area (Å²) in [6, 6.07) is 6.05. The number of carbonyl (C=O) groups excluding carboxylic acids is 2. The zero-order valence-electron chi connectivity index (χ0n) is 12.6. The lowest BCUT2D eigenvalue weighted by Crippen LogP contribution is -2.45. The molecular formula is C16H18FN3O3. The Labute approximate surface area is 133 Å². The van der Waals surface area contributed by atoms with Crippen molar-refractivity contribution in [3.63, 3.8) is 0 Å². The lowest BCUT2D eigenvalue weighted by molar-refractivity contribution is -0.144. The molecule has 6 nitrogen and oxygen atoms in total. The van der Waals surface area contributed by atoms with E-state index >= 15 is 0 Å². The highest BCUT2D eigenvalue weighted by Gasteiger charge is 2.34. The van der Waals surface area contributed by atoms with Crippen molar-refractivity contribution in [2.45, 2.75) is 25.4 Å². The van der Waals surface area contributed by atoms with Crippen LogP contribution in [0.3, 0.4) is 0 Å². The van der Waals surface area contributed by atoms with Crippen molar-refractivity contribution in [2.24, 2.45) is 16.8 Å². The van der Waals surface area contributed by atoms with Crippen molar-refractivity contribution in [2.75, 3.05) is 13.1 Å². The molecule has 122 valence electrons. The third-order valence-electron chi connectivity index (χ3n) is 4.31. The Balaban J connectivity index is 1.58. The summed E-state index contributed by atoms with van der Waals surface area (Å²) in [5.41, 5.74) is 6.47. The highest BCUT2D eigenvalue weighted by Crippen LogP contribution is 2.22. The number of benzene rings is 1. The van der Waals surface area contributed by atoms with E-state index in [1.165, 1.54) is 12.1 Å². The molecule has 0 aliphatic carbocycles. The van der Waals surface area contributed by atoms with E-state index in [4.69, 9.17) is 10.6 Å². The minimum absolute atomic E-state index is 0.150. The van der Waals surface area contributed by atoms with E-state index in [9.17, 15) is 14.0 Å². The molecule has 7 heteroatoms. The van der Waals surface area contributed by atoms with Gasteiger partial charge >= 0.3 is 0 Å². The van der Waals surface area contributed by atoms with E-state index < -0.39 is 6.10 Å². The number of hydrogen-bond donors (Lipinski definition) is 1. The Morgan fingerprint density at radius 1 is 1.30 bits per heavy atom. The van der Waals surface area contributed by atoms with Crippen LogP contribution in [-0.4, -0.2) is 41.6 Å². The van der Waals surface area contributed by atoms with Crippen molar-refractivity contribution >= 4 is 17.5 Å². The van der Waals surface area contributed by atoms with Gasteiger partial charge in [0.1, 0.15) is 5.82 Å². The maximum Gasteiger partial charge on any atom is 0.266 e. The van der Waals surface area contributed by atoms with Crippen molar-refractivity contribution in [1.82, 2.24) is 4.90 Å². The first-order chi connectivity index (χ1) is 11.0. The van der Waals surface area contributed by atoms with E-state index in [-0.39, 0.29) is 23.5 Å². The molecule has 1 saturated heterocycles. The first kappa shape index (κ1) is 15.5. The first-order valence-corrected chi connectivity index (χ1v) is 7.61. The van der Waals surface area contributed by atoms with Crippen molar-refractivity contribution in [3.05, 3.63) is 35.6 Å². The maximum atomic E-state index is 13.3. The number of halogens is 1. The molecule has 2 N–H and O–H groups in total. The molecule has 3 rings (SSSR count). The highest BCUT2D eigenvalue weighted by atomic mass is 19.1.